The first-order valence-corrected chi connectivity index (χ1v) is 9.58. The second-order valence-electron chi connectivity index (χ2n) is 8.14. The van der Waals surface area contributed by atoms with Crippen LogP contribution in [0.5, 0.6) is 5.75 Å². The molecule has 0 saturated carbocycles. The fourth-order valence-corrected chi connectivity index (χ4v) is 3.30. The van der Waals surface area contributed by atoms with Crippen molar-refractivity contribution in [1.82, 2.24) is 0 Å². The van der Waals surface area contributed by atoms with Gasteiger partial charge in [0, 0.05) is 17.0 Å². The number of fused-ring (bicyclic) bond motifs is 1. The molecule has 1 heterocycles. The SMILES string of the molecule is CCCc1cc(=O)oc2c(C)c(OCc3ccc(C(C)(C)C)cc3)ccc12. The molecule has 0 bridgehead atoms. The van der Waals surface area contributed by atoms with Gasteiger partial charge in [-0.25, -0.2) is 4.79 Å². The molecule has 0 amide bonds. The number of hydrogen-bond donors (Lipinski definition) is 0. The molecule has 0 unspecified atom stereocenters. The van der Waals surface area contributed by atoms with Crippen molar-refractivity contribution in [3.8, 4) is 5.75 Å². The second-order valence-corrected chi connectivity index (χ2v) is 8.14. The highest BCUT2D eigenvalue weighted by Gasteiger charge is 2.14. The molecule has 27 heavy (non-hydrogen) atoms. The van der Waals surface area contributed by atoms with Crippen molar-refractivity contribution in [2.45, 2.75) is 59.5 Å². The molecule has 0 aliphatic rings. The third kappa shape index (κ3) is 4.24. The third-order valence-electron chi connectivity index (χ3n) is 4.93. The van der Waals surface area contributed by atoms with Crippen LogP contribution in [0.1, 0.15) is 56.4 Å². The van der Waals surface area contributed by atoms with E-state index in [1.807, 2.05) is 19.1 Å². The molecule has 0 radical (unpaired) electrons. The zero-order chi connectivity index (χ0) is 19.6. The molecule has 0 atom stereocenters. The summed E-state index contributed by atoms with van der Waals surface area (Å²) in [5.41, 5.74) is 4.80. The summed E-state index contributed by atoms with van der Waals surface area (Å²) in [7, 11) is 0. The van der Waals surface area contributed by atoms with Gasteiger partial charge in [-0.1, -0.05) is 58.4 Å². The van der Waals surface area contributed by atoms with Crippen LogP contribution in [-0.2, 0) is 18.4 Å². The summed E-state index contributed by atoms with van der Waals surface area (Å²) in [5, 5.41) is 0.996. The minimum absolute atomic E-state index is 0.141. The van der Waals surface area contributed by atoms with E-state index in [4.69, 9.17) is 9.15 Å². The first-order valence-electron chi connectivity index (χ1n) is 9.58. The average molecular weight is 364 g/mol. The van der Waals surface area contributed by atoms with Gasteiger partial charge in [-0.05, 0) is 47.6 Å². The molecular formula is C24H28O3. The van der Waals surface area contributed by atoms with Gasteiger partial charge in [0.25, 0.3) is 0 Å². The van der Waals surface area contributed by atoms with Crippen LogP contribution in [-0.4, -0.2) is 0 Å². The Bertz CT molecular complexity index is 989. The van der Waals surface area contributed by atoms with Crippen LogP contribution in [0.3, 0.4) is 0 Å². The number of aryl methyl sites for hydroxylation is 2. The Hall–Kier alpha value is -2.55. The molecule has 0 aliphatic heterocycles. The molecule has 0 spiro atoms. The predicted molar refractivity (Wildman–Crippen MR) is 111 cm³/mol. The van der Waals surface area contributed by atoms with Crippen molar-refractivity contribution in [3.63, 3.8) is 0 Å². The Morgan fingerprint density at radius 1 is 1.04 bits per heavy atom. The highest BCUT2D eigenvalue weighted by molar-refractivity contribution is 5.84. The molecule has 3 rings (SSSR count). The maximum Gasteiger partial charge on any atom is 0.336 e. The van der Waals surface area contributed by atoms with Crippen LogP contribution in [0.2, 0.25) is 0 Å². The number of benzene rings is 2. The largest absolute Gasteiger partial charge is 0.488 e. The van der Waals surface area contributed by atoms with Gasteiger partial charge in [-0.2, -0.15) is 0 Å². The summed E-state index contributed by atoms with van der Waals surface area (Å²) in [6, 6.07) is 14.1. The summed E-state index contributed by atoms with van der Waals surface area (Å²) >= 11 is 0. The van der Waals surface area contributed by atoms with Gasteiger partial charge < -0.3 is 9.15 Å². The van der Waals surface area contributed by atoms with Crippen LogP contribution >= 0.6 is 0 Å². The molecule has 0 saturated heterocycles. The van der Waals surface area contributed by atoms with Gasteiger partial charge in [0.05, 0.1) is 0 Å². The van der Waals surface area contributed by atoms with Crippen LogP contribution in [0.25, 0.3) is 11.0 Å². The molecule has 0 N–H and O–H groups in total. The minimum atomic E-state index is -0.302. The number of ether oxygens (including phenoxy) is 1. The Labute approximate surface area is 161 Å². The van der Waals surface area contributed by atoms with E-state index in [1.165, 1.54) is 5.56 Å². The lowest BCUT2D eigenvalue weighted by molar-refractivity contribution is 0.304. The van der Waals surface area contributed by atoms with E-state index in [1.54, 1.807) is 6.07 Å². The number of hydrogen-bond acceptors (Lipinski definition) is 3. The Balaban J connectivity index is 1.85. The second kappa shape index (κ2) is 7.59. The topological polar surface area (TPSA) is 39.4 Å². The third-order valence-corrected chi connectivity index (χ3v) is 4.93. The van der Waals surface area contributed by atoms with Crippen LogP contribution in [0.15, 0.2) is 51.7 Å². The van der Waals surface area contributed by atoms with Gasteiger partial charge in [-0.3, -0.25) is 0 Å². The monoisotopic (exact) mass is 364 g/mol. The lowest BCUT2D eigenvalue weighted by Gasteiger charge is -2.19. The van der Waals surface area contributed by atoms with Crippen molar-refractivity contribution >= 4 is 11.0 Å². The van der Waals surface area contributed by atoms with Gasteiger partial charge in [0.2, 0.25) is 0 Å². The fraction of sp³-hybridized carbons (Fsp3) is 0.375. The first-order chi connectivity index (χ1) is 12.8. The fourth-order valence-electron chi connectivity index (χ4n) is 3.30. The Morgan fingerprint density at radius 2 is 1.74 bits per heavy atom. The minimum Gasteiger partial charge on any atom is -0.488 e. The first kappa shape index (κ1) is 19.2. The predicted octanol–water partition coefficient (Wildman–Crippen LogP) is 5.93. The van der Waals surface area contributed by atoms with Crippen LogP contribution in [0, 0.1) is 6.92 Å². The summed E-state index contributed by atoms with van der Waals surface area (Å²) in [4.78, 5) is 11.9. The molecule has 142 valence electrons. The summed E-state index contributed by atoms with van der Waals surface area (Å²) in [6.07, 6.45) is 1.85. The smallest absolute Gasteiger partial charge is 0.336 e. The van der Waals surface area contributed by atoms with Crippen molar-refractivity contribution < 1.29 is 9.15 Å². The van der Waals surface area contributed by atoms with E-state index < -0.39 is 0 Å². The van der Waals surface area contributed by atoms with Gasteiger partial charge in [0.1, 0.15) is 17.9 Å². The Kier molecular flexibility index (Phi) is 5.41. The summed E-state index contributed by atoms with van der Waals surface area (Å²) < 4.78 is 11.5. The molecule has 3 heteroatoms. The molecule has 2 aromatic carbocycles. The maximum atomic E-state index is 11.9. The van der Waals surface area contributed by atoms with E-state index >= 15 is 0 Å². The zero-order valence-electron chi connectivity index (χ0n) is 16.9. The van der Waals surface area contributed by atoms with Crippen LogP contribution < -0.4 is 10.4 Å². The Morgan fingerprint density at radius 3 is 2.37 bits per heavy atom. The van der Waals surface area contributed by atoms with Gasteiger partial charge >= 0.3 is 5.63 Å². The van der Waals surface area contributed by atoms with E-state index in [-0.39, 0.29) is 11.0 Å². The van der Waals surface area contributed by atoms with E-state index in [0.29, 0.717) is 12.2 Å². The molecule has 0 fully saturated rings. The molecule has 1 aromatic heterocycles. The van der Waals surface area contributed by atoms with E-state index in [2.05, 4.69) is 52.0 Å². The highest BCUT2D eigenvalue weighted by atomic mass is 16.5. The number of rotatable bonds is 5. The quantitative estimate of drug-likeness (QED) is 0.527. The zero-order valence-corrected chi connectivity index (χ0v) is 16.9. The average Bonchev–Trinajstić information content (AvgIpc) is 2.61. The van der Waals surface area contributed by atoms with Crippen molar-refractivity contribution in [1.29, 1.82) is 0 Å². The van der Waals surface area contributed by atoms with E-state index in [0.717, 1.165) is 40.7 Å². The standard InChI is InChI=1S/C24H28O3/c1-6-7-18-14-22(25)27-23-16(2)21(13-12-20(18)23)26-15-17-8-10-19(11-9-17)24(3,4)5/h8-14H,6-7,15H2,1-5H3. The van der Waals surface area contributed by atoms with Crippen LogP contribution in [0.4, 0.5) is 0 Å². The maximum absolute atomic E-state index is 11.9. The van der Waals surface area contributed by atoms with Crippen molar-refractivity contribution in [2.75, 3.05) is 0 Å². The van der Waals surface area contributed by atoms with Crippen molar-refractivity contribution in [2.24, 2.45) is 0 Å². The molecule has 3 aromatic rings. The highest BCUT2D eigenvalue weighted by Crippen LogP contribution is 2.30. The van der Waals surface area contributed by atoms with Gasteiger partial charge in [-0.15, -0.1) is 0 Å². The molecule has 0 aliphatic carbocycles. The normalized spacial score (nSPS) is 11.7. The lowest BCUT2D eigenvalue weighted by atomic mass is 9.87. The molecule has 3 nitrogen and oxygen atoms in total. The summed E-state index contributed by atoms with van der Waals surface area (Å²) in [6.45, 7) is 11.1. The van der Waals surface area contributed by atoms with E-state index in [9.17, 15) is 4.79 Å². The van der Waals surface area contributed by atoms with Gasteiger partial charge in [0.15, 0.2) is 0 Å². The summed E-state index contributed by atoms with van der Waals surface area (Å²) in [5.74, 6) is 0.749. The lowest BCUT2D eigenvalue weighted by Crippen LogP contribution is -2.10. The molecular weight excluding hydrogens is 336 g/mol. The van der Waals surface area contributed by atoms with Crippen molar-refractivity contribution in [3.05, 3.63) is 75.1 Å².